The summed E-state index contributed by atoms with van der Waals surface area (Å²) < 4.78 is 3.96. The van der Waals surface area contributed by atoms with Gasteiger partial charge in [-0.15, -0.1) is 0 Å². The third-order valence-electron chi connectivity index (χ3n) is 6.41. The van der Waals surface area contributed by atoms with Crippen LogP contribution in [-0.2, 0) is 13.6 Å². The summed E-state index contributed by atoms with van der Waals surface area (Å²) in [6.45, 7) is 9.91. The normalized spacial score (nSPS) is 13.6. The molecule has 0 radical (unpaired) electrons. The molecule has 0 aliphatic carbocycles. The molecular weight excluding hydrogens is 382 g/mol. The Balaban J connectivity index is 1.69. The molecule has 0 fully saturated rings. The molecule has 0 aliphatic rings. The molecule has 1 unspecified atom stereocenters. The summed E-state index contributed by atoms with van der Waals surface area (Å²) in [4.78, 5) is 4.90. The van der Waals surface area contributed by atoms with E-state index in [0.717, 1.165) is 51.9 Å². The lowest BCUT2D eigenvalue weighted by molar-refractivity contribution is 0.222. The number of unbranched alkanes of at least 4 members (excludes halogenated alkanes) is 1. The van der Waals surface area contributed by atoms with Crippen LogP contribution >= 0.6 is 0 Å². The molecule has 1 atom stereocenters. The number of aromatic nitrogens is 5. The van der Waals surface area contributed by atoms with Crippen LogP contribution in [0.25, 0.3) is 33.3 Å². The van der Waals surface area contributed by atoms with E-state index >= 15 is 0 Å². The van der Waals surface area contributed by atoms with Gasteiger partial charge in [0.1, 0.15) is 0 Å². The maximum Gasteiger partial charge on any atom is 0.0929 e. The van der Waals surface area contributed by atoms with Gasteiger partial charge in [-0.3, -0.25) is 14.3 Å². The zero-order chi connectivity index (χ0) is 22.0. The summed E-state index contributed by atoms with van der Waals surface area (Å²) in [5.41, 5.74) is 6.55. The van der Waals surface area contributed by atoms with Gasteiger partial charge in [0.05, 0.1) is 17.4 Å². The third kappa shape index (κ3) is 4.55. The maximum absolute atomic E-state index is 4.90. The predicted molar refractivity (Wildman–Crippen MR) is 128 cm³/mol. The van der Waals surface area contributed by atoms with Gasteiger partial charge in [0.15, 0.2) is 0 Å². The highest BCUT2D eigenvalue weighted by Gasteiger charge is 2.23. The number of hydrogen-bond acceptors (Lipinski definition) is 3. The molecule has 0 saturated heterocycles. The van der Waals surface area contributed by atoms with E-state index in [-0.39, 0.29) is 5.41 Å². The Labute approximate surface area is 185 Å². The lowest BCUT2D eigenvalue weighted by atomic mass is 9.82. The fraction of sp³-hybridized carbons (Fsp3) is 0.423. The molecule has 1 aromatic carbocycles. The summed E-state index contributed by atoms with van der Waals surface area (Å²) in [5, 5.41) is 10.4. The van der Waals surface area contributed by atoms with E-state index < -0.39 is 0 Å². The van der Waals surface area contributed by atoms with Crippen molar-refractivity contribution in [2.24, 2.45) is 12.5 Å². The summed E-state index contributed by atoms with van der Waals surface area (Å²) >= 11 is 0. The van der Waals surface area contributed by atoms with Crippen molar-refractivity contribution in [3.05, 3.63) is 54.6 Å². The largest absolute Gasteiger partial charge is 0.275 e. The molecule has 0 saturated carbocycles. The highest BCUT2D eigenvalue weighted by molar-refractivity contribution is 5.87. The van der Waals surface area contributed by atoms with Gasteiger partial charge in [-0.25, -0.2) is 0 Å². The van der Waals surface area contributed by atoms with Crippen LogP contribution < -0.4 is 0 Å². The molecule has 3 heterocycles. The number of hydrogen-bond donors (Lipinski definition) is 0. The minimum atomic E-state index is 0.275. The lowest BCUT2D eigenvalue weighted by Crippen LogP contribution is -2.23. The summed E-state index contributed by atoms with van der Waals surface area (Å²) in [6, 6.07) is 10.6. The van der Waals surface area contributed by atoms with Crippen LogP contribution in [0.15, 0.2) is 48.9 Å². The molecule has 162 valence electrons. The topological polar surface area (TPSA) is 48.5 Å². The van der Waals surface area contributed by atoms with Crippen molar-refractivity contribution in [1.82, 2.24) is 24.5 Å². The number of pyridine rings is 1. The molecule has 0 spiro atoms. The van der Waals surface area contributed by atoms with Crippen LogP contribution in [0, 0.1) is 12.3 Å². The maximum atomic E-state index is 4.90. The van der Waals surface area contributed by atoms with Crippen molar-refractivity contribution in [1.29, 1.82) is 0 Å². The van der Waals surface area contributed by atoms with E-state index in [4.69, 9.17) is 10.1 Å². The summed E-state index contributed by atoms with van der Waals surface area (Å²) in [5.74, 6) is 0. The van der Waals surface area contributed by atoms with Crippen LogP contribution in [0.2, 0.25) is 0 Å². The standard InChI is InChI=1S/C26H33N5/c1-6-8-13-26(4,7-2)18-31-17-22(15-27-31)23-12-9-19(3)28-25(23)20-10-11-21-16-30(5)29-24(21)14-20/h9-12,14-17H,6-8,13,18H2,1-5H3. The van der Waals surface area contributed by atoms with Crippen LogP contribution in [0.1, 0.15) is 52.1 Å². The number of aryl methyl sites for hydroxylation is 2. The van der Waals surface area contributed by atoms with Gasteiger partial charge in [0, 0.05) is 53.8 Å². The zero-order valence-corrected chi connectivity index (χ0v) is 19.4. The van der Waals surface area contributed by atoms with Crippen molar-refractivity contribution < 1.29 is 0 Å². The monoisotopic (exact) mass is 415 g/mol. The minimum Gasteiger partial charge on any atom is -0.275 e. The van der Waals surface area contributed by atoms with Gasteiger partial charge in [-0.2, -0.15) is 10.2 Å². The van der Waals surface area contributed by atoms with Gasteiger partial charge in [-0.05, 0) is 37.3 Å². The Morgan fingerprint density at radius 1 is 1.03 bits per heavy atom. The predicted octanol–water partition coefficient (Wildman–Crippen LogP) is 6.41. The Hall–Kier alpha value is -2.95. The van der Waals surface area contributed by atoms with Crippen molar-refractivity contribution in [3.63, 3.8) is 0 Å². The first kappa shape index (κ1) is 21.3. The van der Waals surface area contributed by atoms with E-state index in [1.54, 1.807) is 0 Å². The van der Waals surface area contributed by atoms with Gasteiger partial charge in [-0.1, -0.05) is 51.8 Å². The number of benzene rings is 1. The summed E-state index contributed by atoms with van der Waals surface area (Å²) in [6.07, 6.45) is 11.1. The van der Waals surface area contributed by atoms with Crippen LogP contribution in [0.3, 0.4) is 0 Å². The fourth-order valence-electron chi connectivity index (χ4n) is 4.25. The molecule has 0 bridgehead atoms. The molecule has 5 nitrogen and oxygen atoms in total. The second-order valence-electron chi connectivity index (χ2n) is 9.12. The lowest BCUT2D eigenvalue weighted by Gasteiger charge is -2.28. The average molecular weight is 416 g/mol. The molecule has 0 amide bonds. The highest BCUT2D eigenvalue weighted by atomic mass is 15.3. The van der Waals surface area contributed by atoms with E-state index in [1.165, 1.54) is 19.3 Å². The number of rotatable bonds is 8. The van der Waals surface area contributed by atoms with Gasteiger partial charge < -0.3 is 0 Å². The van der Waals surface area contributed by atoms with Crippen LogP contribution in [0.5, 0.6) is 0 Å². The van der Waals surface area contributed by atoms with Crippen LogP contribution in [-0.4, -0.2) is 24.5 Å². The fourth-order valence-corrected chi connectivity index (χ4v) is 4.25. The molecule has 0 aliphatic heterocycles. The molecular formula is C26H33N5. The Morgan fingerprint density at radius 3 is 2.65 bits per heavy atom. The van der Waals surface area contributed by atoms with Crippen molar-refractivity contribution in [2.45, 2.75) is 59.9 Å². The first-order valence-corrected chi connectivity index (χ1v) is 11.3. The Bertz CT molecular complexity index is 1190. The number of nitrogens with zero attached hydrogens (tertiary/aromatic N) is 5. The van der Waals surface area contributed by atoms with Gasteiger partial charge in [0.2, 0.25) is 0 Å². The van der Waals surface area contributed by atoms with Crippen molar-refractivity contribution in [2.75, 3.05) is 0 Å². The van der Waals surface area contributed by atoms with Gasteiger partial charge in [0.25, 0.3) is 0 Å². The molecule has 4 rings (SSSR count). The van der Waals surface area contributed by atoms with E-state index in [1.807, 2.05) is 31.0 Å². The summed E-state index contributed by atoms with van der Waals surface area (Å²) in [7, 11) is 1.95. The second-order valence-corrected chi connectivity index (χ2v) is 9.12. The zero-order valence-electron chi connectivity index (χ0n) is 19.4. The SMILES string of the molecule is CCCCC(C)(CC)Cn1cc(-c2ccc(C)nc2-c2ccc3cn(C)nc3c2)cn1. The molecule has 3 aromatic heterocycles. The minimum absolute atomic E-state index is 0.275. The van der Waals surface area contributed by atoms with Crippen LogP contribution in [0.4, 0.5) is 0 Å². The first-order valence-electron chi connectivity index (χ1n) is 11.3. The van der Waals surface area contributed by atoms with E-state index in [2.05, 4.69) is 67.1 Å². The van der Waals surface area contributed by atoms with Crippen molar-refractivity contribution in [3.8, 4) is 22.4 Å². The third-order valence-corrected chi connectivity index (χ3v) is 6.41. The molecule has 31 heavy (non-hydrogen) atoms. The smallest absolute Gasteiger partial charge is 0.0929 e. The first-order chi connectivity index (χ1) is 14.9. The highest BCUT2D eigenvalue weighted by Crippen LogP contribution is 2.34. The van der Waals surface area contributed by atoms with Crippen molar-refractivity contribution >= 4 is 10.9 Å². The Kier molecular flexibility index (Phi) is 5.94. The molecule has 5 heteroatoms. The average Bonchev–Trinajstić information content (AvgIpc) is 3.37. The number of fused-ring (bicyclic) bond motifs is 1. The second kappa shape index (κ2) is 8.66. The van der Waals surface area contributed by atoms with E-state index in [0.29, 0.717) is 0 Å². The van der Waals surface area contributed by atoms with Gasteiger partial charge >= 0.3 is 0 Å². The molecule has 0 N–H and O–H groups in total. The molecule has 4 aromatic rings. The van der Waals surface area contributed by atoms with E-state index in [9.17, 15) is 0 Å². The quantitative estimate of drug-likeness (QED) is 0.334. The Morgan fingerprint density at radius 2 is 1.87 bits per heavy atom.